The number of hydrogen-bond donors (Lipinski definition) is 2. The van der Waals surface area contributed by atoms with Crippen molar-refractivity contribution < 1.29 is 18.4 Å². The van der Waals surface area contributed by atoms with Crippen molar-refractivity contribution in [2.24, 2.45) is 0 Å². The van der Waals surface area contributed by atoms with Gasteiger partial charge in [0, 0.05) is 12.1 Å². The lowest BCUT2D eigenvalue weighted by Crippen LogP contribution is -2.40. The van der Waals surface area contributed by atoms with Crippen LogP contribution in [-0.2, 0) is 9.59 Å². The van der Waals surface area contributed by atoms with Crippen LogP contribution in [0.1, 0.15) is 26.7 Å². The van der Waals surface area contributed by atoms with E-state index in [1.165, 1.54) is 0 Å². The summed E-state index contributed by atoms with van der Waals surface area (Å²) in [6.07, 6.45) is 1.61. The second kappa shape index (κ2) is 6.82. The molecule has 1 atom stereocenters. The van der Waals surface area contributed by atoms with Gasteiger partial charge in [0.1, 0.15) is 11.6 Å². The second-order valence-corrected chi connectivity index (χ2v) is 4.24. The van der Waals surface area contributed by atoms with Crippen molar-refractivity contribution in [2.45, 2.75) is 32.7 Å². The third-order valence-corrected chi connectivity index (χ3v) is 2.48. The van der Waals surface area contributed by atoms with Crippen molar-refractivity contribution in [3.63, 3.8) is 0 Å². The maximum absolute atomic E-state index is 13.3. The fourth-order valence-electron chi connectivity index (χ4n) is 1.56. The topological polar surface area (TPSA) is 58.2 Å². The molecule has 1 aromatic carbocycles. The summed E-state index contributed by atoms with van der Waals surface area (Å²) in [6, 6.07) is 2.55. The van der Waals surface area contributed by atoms with Crippen LogP contribution in [0.15, 0.2) is 18.2 Å². The first-order chi connectivity index (χ1) is 8.93. The van der Waals surface area contributed by atoms with Gasteiger partial charge in [-0.3, -0.25) is 9.59 Å². The molecule has 1 rings (SSSR count). The first kappa shape index (κ1) is 15.1. The van der Waals surface area contributed by atoms with E-state index in [0.29, 0.717) is 6.07 Å². The standard InChI is InChI=1S/C13H16F2N2O2/c1-3-4-8(2)16-12(18)13(19)17-11-6-5-9(14)7-10(11)15/h5-8H,3-4H2,1-2H3,(H,16,18)(H,17,19). The minimum Gasteiger partial charge on any atom is -0.345 e. The minimum absolute atomic E-state index is 0.138. The number of carbonyl (C=O) groups excluding carboxylic acids is 2. The predicted molar refractivity (Wildman–Crippen MR) is 67.5 cm³/mol. The first-order valence-electron chi connectivity index (χ1n) is 6.01. The summed E-state index contributed by atoms with van der Waals surface area (Å²) in [4.78, 5) is 23.0. The number of rotatable bonds is 4. The maximum atomic E-state index is 13.3. The van der Waals surface area contributed by atoms with Gasteiger partial charge in [-0.2, -0.15) is 0 Å². The molecule has 0 aliphatic heterocycles. The number of carbonyl (C=O) groups is 2. The van der Waals surface area contributed by atoms with Crippen molar-refractivity contribution in [2.75, 3.05) is 5.32 Å². The van der Waals surface area contributed by atoms with Gasteiger partial charge < -0.3 is 10.6 Å². The molecule has 1 unspecified atom stereocenters. The molecule has 0 radical (unpaired) electrons. The summed E-state index contributed by atoms with van der Waals surface area (Å²) < 4.78 is 25.9. The van der Waals surface area contributed by atoms with Crippen LogP contribution >= 0.6 is 0 Å². The van der Waals surface area contributed by atoms with Gasteiger partial charge in [-0.05, 0) is 25.5 Å². The zero-order chi connectivity index (χ0) is 14.4. The zero-order valence-electron chi connectivity index (χ0n) is 10.8. The van der Waals surface area contributed by atoms with E-state index in [2.05, 4.69) is 10.6 Å². The number of benzene rings is 1. The van der Waals surface area contributed by atoms with E-state index in [1.807, 2.05) is 6.92 Å². The van der Waals surface area contributed by atoms with Crippen LogP contribution in [0.25, 0.3) is 0 Å². The van der Waals surface area contributed by atoms with Crippen LogP contribution in [0, 0.1) is 11.6 Å². The van der Waals surface area contributed by atoms with Gasteiger partial charge in [-0.1, -0.05) is 13.3 Å². The predicted octanol–water partition coefficient (Wildman–Crippen LogP) is 2.21. The fraction of sp³-hybridized carbons (Fsp3) is 0.385. The SMILES string of the molecule is CCCC(C)NC(=O)C(=O)Nc1ccc(F)cc1F. The molecule has 2 N–H and O–H groups in total. The Morgan fingerprint density at radius 3 is 2.53 bits per heavy atom. The Hall–Kier alpha value is -1.98. The quantitative estimate of drug-likeness (QED) is 0.824. The highest BCUT2D eigenvalue weighted by molar-refractivity contribution is 6.39. The molecule has 0 aromatic heterocycles. The zero-order valence-corrected chi connectivity index (χ0v) is 10.8. The molecule has 0 spiro atoms. The van der Waals surface area contributed by atoms with Crippen molar-refractivity contribution in [3.05, 3.63) is 29.8 Å². The molecule has 0 heterocycles. The van der Waals surface area contributed by atoms with E-state index in [9.17, 15) is 18.4 Å². The van der Waals surface area contributed by atoms with E-state index >= 15 is 0 Å². The lowest BCUT2D eigenvalue weighted by atomic mass is 10.2. The summed E-state index contributed by atoms with van der Waals surface area (Å²) in [7, 11) is 0. The van der Waals surface area contributed by atoms with E-state index in [1.54, 1.807) is 6.92 Å². The lowest BCUT2D eigenvalue weighted by molar-refractivity contribution is -0.136. The highest BCUT2D eigenvalue weighted by atomic mass is 19.1. The van der Waals surface area contributed by atoms with Gasteiger partial charge in [0.25, 0.3) is 0 Å². The Morgan fingerprint density at radius 1 is 1.26 bits per heavy atom. The van der Waals surface area contributed by atoms with Crippen molar-refractivity contribution in [1.82, 2.24) is 5.32 Å². The highest BCUT2D eigenvalue weighted by Crippen LogP contribution is 2.14. The van der Waals surface area contributed by atoms with Crippen LogP contribution < -0.4 is 10.6 Å². The first-order valence-corrected chi connectivity index (χ1v) is 6.01. The van der Waals surface area contributed by atoms with Gasteiger partial charge in [-0.15, -0.1) is 0 Å². The third kappa shape index (κ3) is 4.65. The van der Waals surface area contributed by atoms with E-state index in [-0.39, 0.29) is 11.7 Å². The molecule has 0 bridgehead atoms. The third-order valence-electron chi connectivity index (χ3n) is 2.48. The number of amides is 2. The number of halogens is 2. The summed E-state index contributed by atoms with van der Waals surface area (Å²) >= 11 is 0. The Labute approximate surface area is 110 Å². The smallest absolute Gasteiger partial charge is 0.313 e. The van der Waals surface area contributed by atoms with Crippen LogP contribution in [0.2, 0.25) is 0 Å². The normalized spacial score (nSPS) is 11.8. The number of hydrogen-bond acceptors (Lipinski definition) is 2. The van der Waals surface area contributed by atoms with Crippen LogP contribution in [0.5, 0.6) is 0 Å². The molecule has 4 nitrogen and oxygen atoms in total. The highest BCUT2D eigenvalue weighted by Gasteiger charge is 2.17. The van der Waals surface area contributed by atoms with Crippen molar-refractivity contribution in [1.29, 1.82) is 0 Å². The molecule has 0 saturated carbocycles. The molecule has 1 aromatic rings. The summed E-state index contributed by atoms with van der Waals surface area (Å²) in [5.41, 5.74) is -0.232. The monoisotopic (exact) mass is 270 g/mol. The van der Waals surface area contributed by atoms with Gasteiger partial charge in [0.2, 0.25) is 0 Å². The van der Waals surface area contributed by atoms with E-state index < -0.39 is 23.4 Å². The average molecular weight is 270 g/mol. The van der Waals surface area contributed by atoms with Crippen LogP contribution in [-0.4, -0.2) is 17.9 Å². The van der Waals surface area contributed by atoms with Gasteiger partial charge in [-0.25, -0.2) is 8.78 Å². The lowest BCUT2D eigenvalue weighted by Gasteiger charge is -2.12. The molecular formula is C13H16F2N2O2. The van der Waals surface area contributed by atoms with Crippen LogP contribution in [0.4, 0.5) is 14.5 Å². The summed E-state index contributed by atoms with van der Waals surface area (Å²) in [5.74, 6) is -3.50. The molecule has 0 saturated heterocycles. The molecule has 0 fully saturated rings. The van der Waals surface area contributed by atoms with Crippen molar-refractivity contribution >= 4 is 17.5 Å². The van der Waals surface area contributed by atoms with Crippen molar-refractivity contribution in [3.8, 4) is 0 Å². The molecule has 6 heteroatoms. The largest absolute Gasteiger partial charge is 0.345 e. The number of anilines is 1. The van der Waals surface area contributed by atoms with Crippen LogP contribution in [0.3, 0.4) is 0 Å². The van der Waals surface area contributed by atoms with Gasteiger partial charge in [0.05, 0.1) is 5.69 Å². The minimum atomic E-state index is -0.978. The Bertz CT molecular complexity index is 478. The molecule has 104 valence electrons. The molecule has 0 aliphatic rings. The fourth-order valence-corrected chi connectivity index (χ4v) is 1.56. The Kier molecular flexibility index (Phi) is 5.41. The number of nitrogens with one attached hydrogen (secondary N) is 2. The van der Waals surface area contributed by atoms with Gasteiger partial charge in [0.15, 0.2) is 0 Å². The maximum Gasteiger partial charge on any atom is 0.313 e. The second-order valence-electron chi connectivity index (χ2n) is 4.24. The van der Waals surface area contributed by atoms with Gasteiger partial charge >= 0.3 is 11.8 Å². The molecule has 19 heavy (non-hydrogen) atoms. The molecule has 0 aliphatic carbocycles. The summed E-state index contributed by atoms with van der Waals surface area (Å²) in [5, 5.41) is 4.58. The Morgan fingerprint density at radius 2 is 1.95 bits per heavy atom. The summed E-state index contributed by atoms with van der Waals surface area (Å²) in [6.45, 7) is 3.73. The van der Waals surface area contributed by atoms with E-state index in [4.69, 9.17) is 0 Å². The molecular weight excluding hydrogens is 254 g/mol. The molecule has 2 amide bonds. The Balaban J connectivity index is 2.61. The van der Waals surface area contributed by atoms with E-state index in [0.717, 1.165) is 25.0 Å². The average Bonchev–Trinajstić information content (AvgIpc) is 2.32.